The number of carbonyl (C=O) groups excluding carboxylic acids is 2. The van der Waals surface area contributed by atoms with Crippen LogP contribution in [0.2, 0.25) is 0 Å². The molecule has 1 fully saturated rings. The van der Waals surface area contributed by atoms with Crippen LogP contribution in [0.15, 0.2) is 34.8 Å². The standard InChI is InChI=1S/C22H23N7O5S2.H2O4S/c1-34-26-14(17-25-22(23)36-27-17)18(30)24-15-19(31)29-16(21(32)33)12(10-35-20(15)29)9-28-8-4-6-11-5-2-3-7-13(11)28;1-5(2,3)4/h4,6,8,15,20H,2-3,5,7,9-10H2,1H3,(H3-,23,24,25,27,30,32,33);(H2,1,2,3,4)/b26-14-;/t15-,20-;/m1./s1. The Morgan fingerprint density at radius 2 is 2.07 bits per heavy atom. The summed E-state index contributed by atoms with van der Waals surface area (Å²) >= 11 is 2.31. The first-order valence-electron chi connectivity index (χ1n) is 12.0. The van der Waals surface area contributed by atoms with Gasteiger partial charge in [-0.2, -0.15) is 13.9 Å². The summed E-state index contributed by atoms with van der Waals surface area (Å²) in [5, 5.41) is 15.9. The van der Waals surface area contributed by atoms with Gasteiger partial charge in [-0.3, -0.25) is 19.0 Å². The number of rotatable bonds is 7. The maximum atomic E-state index is 13.1. The number of carboxylic acid groups (broad SMARTS) is 1. The van der Waals surface area contributed by atoms with Crippen LogP contribution in [0.3, 0.4) is 0 Å². The van der Waals surface area contributed by atoms with Gasteiger partial charge in [0.1, 0.15) is 24.2 Å². The van der Waals surface area contributed by atoms with E-state index in [9.17, 15) is 19.5 Å². The molecular weight excluding hydrogens is 602 g/mol. The summed E-state index contributed by atoms with van der Waals surface area (Å²) in [5.41, 5.74) is 8.52. The fraction of sp³-hybridized carbons (Fsp3) is 0.409. The highest BCUT2D eigenvalue weighted by atomic mass is 32.3. The van der Waals surface area contributed by atoms with Gasteiger partial charge >= 0.3 is 5.97 Å². The van der Waals surface area contributed by atoms with Crippen LogP contribution < -0.4 is 15.6 Å². The number of nitrogens with two attached hydrogens (primary N) is 1. The second-order valence-electron chi connectivity index (χ2n) is 8.94. The number of nitrogens with one attached hydrogen (secondary N) is 1. The number of aromatic nitrogens is 3. The highest BCUT2D eigenvalue weighted by Crippen LogP contribution is 2.40. The van der Waals surface area contributed by atoms with Gasteiger partial charge in [0, 0.05) is 40.9 Å². The predicted molar refractivity (Wildman–Crippen MR) is 143 cm³/mol. The number of thioether (sulfide) groups is 1. The van der Waals surface area contributed by atoms with Crippen molar-refractivity contribution in [2.75, 3.05) is 18.6 Å². The number of amides is 2. The molecule has 2 atom stereocenters. The van der Waals surface area contributed by atoms with Crippen molar-refractivity contribution in [2.24, 2.45) is 5.16 Å². The molecule has 3 aliphatic rings. The van der Waals surface area contributed by atoms with Crippen molar-refractivity contribution in [3.63, 3.8) is 0 Å². The molecule has 0 saturated carbocycles. The summed E-state index contributed by atoms with van der Waals surface area (Å²) in [6.07, 6.45) is 6.17. The summed E-state index contributed by atoms with van der Waals surface area (Å²) in [6, 6.07) is 3.17. The number of fused-ring (bicyclic) bond motifs is 2. The molecule has 5 N–H and O–H groups in total. The minimum Gasteiger partial charge on any atom is -0.726 e. The van der Waals surface area contributed by atoms with E-state index in [2.05, 4.69) is 30.5 Å². The molecule has 0 aromatic carbocycles. The molecule has 220 valence electrons. The Bertz CT molecular complexity index is 1530. The molecule has 2 aromatic rings. The third-order valence-corrected chi connectivity index (χ3v) is 8.22. The van der Waals surface area contributed by atoms with E-state index in [1.54, 1.807) is 0 Å². The van der Waals surface area contributed by atoms with Gasteiger partial charge in [-0.1, -0.05) is 5.16 Å². The Morgan fingerprint density at radius 1 is 1.37 bits per heavy atom. The summed E-state index contributed by atoms with van der Waals surface area (Å²) in [5.74, 6) is -1.98. The topological polar surface area (TPSA) is 241 Å². The quantitative estimate of drug-likeness (QED) is 0.0726. The number of nitrogen functional groups attached to an aromatic ring is 1. The van der Waals surface area contributed by atoms with Crippen LogP contribution in [0.25, 0.3) is 0 Å². The Labute approximate surface area is 242 Å². The van der Waals surface area contributed by atoms with E-state index in [1.165, 1.54) is 35.0 Å². The second kappa shape index (κ2) is 12.5. The van der Waals surface area contributed by atoms with Crippen molar-refractivity contribution in [3.05, 3.63) is 46.7 Å². The van der Waals surface area contributed by atoms with E-state index in [0.717, 1.165) is 37.2 Å². The van der Waals surface area contributed by atoms with Crippen LogP contribution in [0.5, 0.6) is 0 Å². The lowest BCUT2D eigenvalue weighted by atomic mass is 9.95. The second-order valence-corrected chi connectivity index (χ2v) is 11.7. The molecule has 41 heavy (non-hydrogen) atoms. The number of hydrogen-bond donors (Lipinski definition) is 4. The number of nitrogens with zero attached hydrogens (tertiary/aromatic N) is 5. The van der Waals surface area contributed by atoms with Crippen molar-refractivity contribution >= 4 is 62.3 Å². The van der Waals surface area contributed by atoms with Crippen LogP contribution in [-0.4, -0.2) is 84.7 Å². The Balaban J connectivity index is 0.000000714. The normalized spacial score (nSPS) is 20.2. The molecule has 19 heteroatoms. The fourth-order valence-corrected chi connectivity index (χ4v) is 6.52. The van der Waals surface area contributed by atoms with Gasteiger partial charge in [-0.05, 0) is 25.3 Å². The van der Waals surface area contributed by atoms with Gasteiger partial charge in [0.15, 0.2) is 23.6 Å². The SMILES string of the molecule is CO/N=C(\C(=O)N[C@@H]1C(=O)N2C(C(=O)O)=C(C[n+]3cccc4c3CCCC4)CS[C@H]12)c1nsc(N)n1.O=S(=O)([O-])O. The molecule has 5 rings (SSSR count). The molecular formula is C22H25N7O9S3. The molecule has 1 aliphatic carbocycles. The lowest BCUT2D eigenvalue weighted by molar-refractivity contribution is -0.697. The number of β-lactam (4-membered cyclic amide) rings is 1. The summed E-state index contributed by atoms with van der Waals surface area (Å²) in [7, 11) is -3.65. The van der Waals surface area contributed by atoms with E-state index in [1.807, 2.05) is 12.3 Å². The zero-order chi connectivity index (χ0) is 29.9. The zero-order valence-electron chi connectivity index (χ0n) is 21.4. The number of hydrogen-bond acceptors (Lipinski definition) is 13. The Morgan fingerprint density at radius 3 is 2.71 bits per heavy atom. The van der Waals surface area contributed by atoms with Gasteiger partial charge < -0.3 is 25.5 Å². The first-order chi connectivity index (χ1) is 19.4. The van der Waals surface area contributed by atoms with Gasteiger partial charge in [0.2, 0.25) is 21.9 Å². The summed E-state index contributed by atoms with van der Waals surface area (Å²) in [4.78, 5) is 48.2. The predicted octanol–water partition coefficient (Wildman–Crippen LogP) is -0.919. The molecule has 0 radical (unpaired) electrons. The van der Waals surface area contributed by atoms with Crippen LogP contribution >= 0.6 is 23.3 Å². The molecule has 2 aliphatic heterocycles. The summed E-state index contributed by atoms with van der Waals surface area (Å²) < 4.78 is 38.9. The van der Waals surface area contributed by atoms with Crippen LogP contribution in [0.4, 0.5) is 5.13 Å². The van der Waals surface area contributed by atoms with E-state index < -0.39 is 39.6 Å². The minimum absolute atomic E-state index is 0.0186. The van der Waals surface area contributed by atoms with Crippen molar-refractivity contribution in [3.8, 4) is 0 Å². The van der Waals surface area contributed by atoms with Crippen LogP contribution in [0.1, 0.15) is 29.9 Å². The molecule has 0 bridgehead atoms. The minimum atomic E-state index is -4.92. The van der Waals surface area contributed by atoms with Crippen molar-refractivity contribution in [1.29, 1.82) is 0 Å². The largest absolute Gasteiger partial charge is 0.726 e. The third-order valence-electron chi connectivity index (χ3n) is 6.34. The van der Waals surface area contributed by atoms with Gasteiger partial charge in [-0.25, -0.2) is 13.2 Å². The number of anilines is 1. The highest BCUT2D eigenvalue weighted by molar-refractivity contribution is 8.00. The number of carbonyl (C=O) groups is 3. The maximum Gasteiger partial charge on any atom is 0.352 e. The lowest BCUT2D eigenvalue weighted by Gasteiger charge is -2.49. The molecule has 2 amide bonds. The molecule has 1 saturated heterocycles. The van der Waals surface area contributed by atoms with E-state index in [0.29, 0.717) is 17.9 Å². The smallest absolute Gasteiger partial charge is 0.352 e. The van der Waals surface area contributed by atoms with Gasteiger partial charge in [-0.15, -0.1) is 11.8 Å². The monoisotopic (exact) mass is 627 g/mol. The van der Waals surface area contributed by atoms with E-state index in [4.69, 9.17) is 28.1 Å². The number of carboxylic acids is 1. The van der Waals surface area contributed by atoms with Crippen molar-refractivity contribution in [1.82, 2.24) is 19.6 Å². The van der Waals surface area contributed by atoms with Gasteiger partial charge in [0.05, 0.1) is 0 Å². The third kappa shape index (κ3) is 6.99. The van der Waals surface area contributed by atoms with Crippen molar-refractivity contribution in [2.45, 2.75) is 43.6 Å². The first kappa shape index (κ1) is 30.3. The lowest BCUT2D eigenvalue weighted by Crippen LogP contribution is -2.71. The van der Waals surface area contributed by atoms with Gasteiger partial charge in [0.25, 0.3) is 11.8 Å². The fourth-order valence-electron chi connectivity index (χ4n) is 4.75. The zero-order valence-corrected chi connectivity index (χ0v) is 23.9. The molecule has 0 unspecified atom stereocenters. The highest BCUT2D eigenvalue weighted by Gasteiger charge is 2.55. The van der Waals surface area contributed by atoms with E-state index >= 15 is 0 Å². The van der Waals surface area contributed by atoms with Crippen LogP contribution in [0, 0.1) is 0 Å². The first-order valence-corrected chi connectivity index (χ1v) is 15.2. The molecule has 16 nitrogen and oxygen atoms in total. The average molecular weight is 628 g/mol. The van der Waals surface area contributed by atoms with E-state index in [-0.39, 0.29) is 22.4 Å². The number of aliphatic carboxylic acids is 1. The number of oxime groups is 1. The molecule has 2 aromatic heterocycles. The average Bonchev–Trinajstić information content (AvgIpc) is 3.34. The summed E-state index contributed by atoms with van der Waals surface area (Å²) in [6.45, 7) is 0.396. The Hall–Kier alpha value is -3.65. The number of pyridine rings is 1. The van der Waals surface area contributed by atoms with Crippen molar-refractivity contribution < 1.29 is 46.4 Å². The number of aryl methyl sites for hydroxylation is 1. The molecule has 4 heterocycles. The molecule has 0 spiro atoms. The maximum absolute atomic E-state index is 13.1. The van der Waals surface area contributed by atoms with Crippen LogP contribution in [-0.2, 0) is 49.0 Å². The Kier molecular flexibility index (Phi) is 9.22.